The van der Waals surface area contributed by atoms with Crippen molar-refractivity contribution in [2.75, 3.05) is 13.7 Å². The lowest BCUT2D eigenvalue weighted by molar-refractivity contribution is -0.385. The smallest absolute Gasteiger partial charge is 0.311 e. The number of hydroxylamine groups is 1. The summed E-state index contributed by atoms with van der Waals surface area (Å²) in [6, 6.07) is 4.10. The lowest BCUT2D eigenvalue weighted by atomic mass is 10.1. The maximum absolute atomic E-state index is 11.6. The number of benzene rings is 1. The van der Waals surface area contributed by atoms with Gasteiger partial charge in [-0.2, -0.15) is 0 Å². The molecule has 0 bridgehead atoms. The zero-order chi connectivity index (χ0) is 12.8. The standard InChI is InChI=1S/C10H12N2O5/c1-3-17-9-7(10(13)11-16-2)5-4-6-8(9)12(14)15/h4-6H,3H2,1-2H3,(H,11,13). The molecule has 0 aliphatic carbocycles. The van der Waals surface area contributed by atoms with Crippen LogP contribution in [0.15, 0.2) is 18.2 Å². The molecule has 1 aromatic rings. The van der Waals surface area contributed by atoms with Crippen LogP contribution in [0.25, 0.3) is 0 Å². The van der Waals surface area contributed by atoms with E-state index in [4.69, 9.17) is 4.74 Å². The van der Waals surface area contributed by atoms with Gasteiger partial charge < -0.3 is 4.74 Å². The van der Waals surface area contributed by atoms with Crippen molar-refractivity contribution in [2.24, 2.45) is 0 Å². The SMILES string of the molecule is CCOc1c(C(=O)NOC)cccc1[N+](=O)[O-]. The Kier molecular flexibility index (Phi) is 4.41. The van der Waals surface area contributed by atoms with Crippen LogP contribution in [0.5, 0.6) is 5.75 Å². The molecule has 0 fully saturated rings. The van der Waals surface area contributed by atoms with Gasteiger partial charge in [0.2, 0.25) is 5.75 Å². The first-order chi connectivity index (χ1) is 8.11. The van der Waals surface area contributed by atoms with Crippen molar-refractivity contribution in [2.45, 2.75) is 6.92 Å². The Morgan fingerprint density at radius 1 is 1.53 bits per heavy atom. The first-order valence-corrected chi connectivity index (χ1v) is 4.85. The topological polar surface area (TPSA) is 90.7 Å². The Hall–Kier alpha value is -2.15. The summed E-state index contributed by atoms with van der Waals surface area (Å²) in [6.45, 7) is 1.90. The minimum absolute atomic E-state index is 0.0582. The lowest BCUT2D eigenvalue weighted by Gasteiger charge is -2.09. The summed E-state index contributed by atoms with van der Waals surface area (Å²) in [6.07, 6.45) is 0. The van der Waals surface area contributed by atoms with Gasteiger partial charge in [-0.15, -0.1) is 0 Å². The number of nitro groups is 1. The van der Waals surface area contributed by atoms with E-state index in [1.807, 2.05) is 0 Å². The Morgan fingerprint density at radius 2 is 2.24 bits per heavy atom. The van der Waals surface area contributed by atoms with Gasteiger partial charge in [-0.25, -0.2) is 5.48 Å². The van der Waals surface area contributed by atoms with Gasteiger partial charge in [0.15, 0.2) is 0 Å². The summed E-state index contributed by atoms with van der Waals surface area (Å²) >= 11 is 0. The van der Waals surface area contributed by atoms with Crippen LogP contribution < -0.4 is 10.2 Å². The molecule has 7 heteroatoms. The summed E-state index contributed by atoms with van der Waals surface area (Å²) in [5.41, 5.74) is 1.89. The number of ether oxygens (including phenoxy) is 1. The second-order valence-corrected chi connectivity index (χ2v) is 2.98. The first-order valence-electron chi connectivity index (χ1n) is 4.85. The van der Waals surface area contributed by atoms with E-state index in [-0.39, 0.29) is 23.6 Å². The van der Waals surface area contributed by atoms with Crippen LogP contribution in [0.2, 0.25) is 0 Å². The van der Waals surface area contributed by atoms with Gasteiger partial charge in [-0.1, -0.05) is 6.07 Å². The second-order valence-electron chi connectivity index (χ2n) is 2.98. The lowest BCUT2D eigenvalue weighted by Crippen LogP contribution is -2.22. The second kappa shape index (κ2) is 5.80. The van der Waals surface area contributed by atoms with Crippen molar-refractivity contribution in [1.29, 1.82) is 0 Å². The van der Waals surface area contributed by atoms with E-state index in [1.54, 1.807) is 6.92 Å². The van der Waals surface area contributed by atoms with E-state index >= 15 is 0 Å². The summed E-state index contributed by atoms with van der Waals surface area (Å²) in [5.74, 6) is -0.658. The number of hydrogen-bond acceptors (Lipinski definition) is 5. The molecule has 0 saturated heterocycles. The van der Waals surface area contributed by atoms with Crippen LogP contribution in [0.3, 0.4) is 0 Å². The molecule has 7 nitrogen and oxygen atoms in total. The van der Waals surface area contributed by atoms with Crippen molar-refractivity contribution in [1.82, 2.24) is 5.48 Å². The monoisotopic (exact) mass is 240 g/mol. The molecule has 0 aromatic heterocycles. The highest BCUT2D eigenvalue weighted by atomic mass is 16.6. The zero-order valence-electron chi connectivity index (χ0n) is 9.43. The fourth-order valence-electron chi connectivity index (χ4n) is 1.29. The minimum Gasteiger partial charge on any atom is -0.487 e. The predicted molar refractivity (Wildman–Crippen MR) is 58.7 cm³/mol. The van der Waals surface area contributed by atoms with E-state index in [9.17, 15) is 14.9 Å². The van der Waals surface area contributed by atoms with Gasteiger partial charge in [0.25, 0.3) is 5.91 Å². The van der Waals surface area contributed by atoms with E-state index in [2.05, 4.69) is 10.3 Å². The molecule has 0 unspecified atom stereocenters. The number of carbonyl (C=O) groups is 1. The highest BCUT2D eigenvalue weighted by Gasteiger charge is 2.22. The maximum Gasteiger partial charge on any atom is 0.311 e. The van der Waals surface area contributed by atoms with E-state index < -0.39 is 10.8 Å². The number of nitrogens with zero attached hydrogens (tertiary/aromatic N) is 1. The molecule has 1 amide bonds. The van der Waals surface area contributed by atoms with Crippen LogP contribution >= 0.6 is 0 Å². The highest BCUT2D eigenvalue weighted by molar-refractivity contribution is 5.97. The first kappa shape index (κ1) is 12.9. The minimum atomic E-state index is -0.603. The van der Waals surface area contributed by atoms with Gasteiger partial charge in [0, 0.05) is 6.07 Å². The molecule has 0 spiro atoms. The van der Waals surface area contributed by atoms with E-state index in [0.717, 1.165) is 0 Å². The van der Waals surface area contributed by atoms with Crippen molar-refractivity contribution in [3.05, 3.63) is 33.9 Å². The van der Waals surface area contributed by atoms with Crippen molar-refractivity contribution >= 4 is 11.6 Å². The predicted octanol–water partition coefficient (Wildman–Crippen LogP) is 1.28. The molecule has 1 rings (SSSR count). The molecule has 17 heavy (non-hydrogen) atoms. The van der Waals surface area contributed by atoms with E-state index in [0.29, 0.717) is 0 Å². The average molecular weight is 240 g/mol. The summed E-state index contributed by atoms with van der Waals surface area (Å²) in [5, 5.41) is 10.8. The molecule has 0 heterocycles. The number of rotatable bonds is 5. The number of hydrogen-bond donors (Lipinski definition) is 1. The molecule has 1 N–H and O–H groups in total. The van der Waals surface area contributed by atoms with Crippen molar-refractivity contribution in [3.63, 3.8) is 0 Å². The van der Waals surface area contributed by atoms with Gasteiger partial charge in [-0.05, 0) is 13.0 Å². The van der Waals surface area contributed by atoms with Crippen LogP contribution in [0.1, 0.15) is 17.3 Å². The van der Waals surface area contributed by atoms with Gasteiger partial charge in [0.05, 0.1) is 24.2 Å². The quantitative estimate of drug-likeness (QED) is 0.618. The number of amides is 1. The van der Waals surface area contributed by atoms with Crippen LogP contribution in [0.4, 0.5) is 5.69 Å². The molecule has 0 radical (unpaired) electrons. The maximum atomic E-state index is 11.6. The molecule has 1 aromatic carbocycles. The Labute approximate surface area is 97.4 Å². The third-order valence-corrected chi connectivity index (χ3v) is 1.92. The molecule has 0 aliphatic heterocycles. The summed E-state index contributed by atoms with van der Waals surface area (Å²) in [7, 11) is 1.27. The van der Waals surface area contributed by atoms with Gasteiger partial charge >= 0.3 is 5.69 Å². The highest BCUT2D eigenvalue weighted by Crippen LogP contribution is 2.30. The Balaban J connectivity index is 3.24. The van der Waals surface area contributed by atoms with Crippen molar-refractivity contribution in [3.8, 4) is 5.75 Å². The normalized spacial score (nSPS) is 9.76. The summed E-state index contributed by atoms with van der Waals surface area (Å²) in [4.78, 5) is 26.2. The van der Waals surface area contributed by atoms with Gasteiger partial charge in [0.1, 0.15) is 0 Å². The largest absolute Gasteiger partial charge is 0.487 e. The number of carbonyl (C=O) groups excluding carboxylic acids is 1. The number of para-hydroxylation sites is 1. The fraction of sp³-hybridized carbons (Fsp3) is 0.300. The van der Waals surface area contributed by atoms with Crippen LogP contribution in [0, 0.1) is 10.1 Å². The average Bonchev–Trinajstić information content (AvgIpc) is 2.29. The number of nitrogens with one attached hydrogen (secondary N) is 1. The van der Waals surface area contributed by atoms with E-state index in [1.165, 1.54) is 25.3 Å². The molecule has 0 aliphatic rings. The van der Waals surface area contributed by atoms with Crippen molar-refractivity contribution < 1.29 is 19.3 Å². The third kappa shape index (κ3) is 2.91. The van der Waals surface area contributed by atoms with Crippen LogP contribution in [-0.2, 0) is 4.84 Å². The molecule has 0 saturated carbocycles. The molecular weight excluding hydrogens is 228 g/mol. The number of nitro benzene ring substituents is 1. The molecule has 0 atom stereocenters. The third-order valence-electron chi connectivity index (χ3n) is 1.92. The Bertz CT molecular complexity index is 433. The molecule has 92 valence electrons. The summed E-state index contributed by atoms with van der Waals surface area (Å²) < 4.78 is 5.14. The van der Waals surface area contributed by atoms with Crippen LogP contribution in [-0.4, -0.2) is 24.5 Å². The zero-order valence-corrected chi connectivity index (χ0v) is 9.43. The fourth-order valence-corrected chi connectivity index (χ4v) is 1.29. The molecular formula is C10H12N2O5. The van der Waals surface area contributed by atoms with Gasteiger partial charge in [-0.3, -0.25) is 19.7 Å². The Morgan fingerprint density at radius 3 is 2.76 bits per heavy atom.